The van der Waals surface area contributed by atoms with Crippen molar-refractivity contribution in [3.63, 3.8) is 0 Å². The topological polar surface area (TPSA) is 77.4 Å². The average molecular weight is 417 g/mol. The molecule has 4 nitrogen and oxygen atoms in total. The van der Waals surface area contributed by atoms with Gasteiger partial charge in [0.1, 0.15) is 0 Å². The van der Waals surface area contributed by atoms with Gasteiger partial charge in [0.25, 0.3) is 0 Å². The SMILES string of the molecule is CCCCCCCC(O)CCCCCCCCCC(CC)S(=O)(=O)[O-].[K+]. The Balaban J connectivity index is 0. The third-order valence-electron chi connectivity index (χ3n) is 5.07. The fourth-order valence-electron chi connectivity index (χ4n) is 3.32. The van der Waals surface area contributed by atoms with E-state index in [-0.39, 0.29) is 57.5 Å². The Bertz CT molecular complexity index is 387. The maximum atomic E-state index is 11.0. The zero-order chi connectivity index (χ0) is 19.0. The van der Waals surface area contributed by atoms with Gasteiger partial charge in [-0.2, -0.15) is 0 Å². The first-order valence-corrected chi connectivity index (χ1v) is 12.0. The summed E-state index contributed by atoms with van der Waals surface area (Å²) in [5.74, 6) is 0. The Morgan fingerprint density at radius 2 is 1.12 bits per heavy atom. The van der Waals surface area contributed by atoms with E-state index in [1.54, 1.807) is 6.92 Å². The molecule has 0 fully saturated rings. The van der Waals surface area contributed by atoms with E-state index in [2.05, 4.69) is 6.92 Å². The van der Waals surface area contributed by atoms with Crippen molar-refractivity contribution < 1.29 is 69.5 Å². The van der Waals surface area contributed by atoms with Crippen LogP contribution in [0.5, 0.6) is 0 Å². The fourth-order valence-corrected chi connectivity index (χ4v) is 4.18. The van der Waals surface area contributed by atoms with Crippen molar-refractivity contribution in [1.29, 1.82) is 0 Å². The van der Waals surface area contributed by atoms with Crippen LogP contribution in [0.4, 0.5) is 0 Å². The van der Waals surface area contributed by atoms with Gasteiger partial charge >= 0.3 is 51.4 Å². The van der Waals surface area contributed by atoms with Gasteiger partial charge in [-0.05, 0) is 25.7 Å². The first-order chi connectivity index (χ1) is 11.9. The minimum atomic E-state index is -4.11. The van der Waals surface area contributed by atoms with Crippen molar-refractivity contribution in [3.05, 3.63) is 0 Å². The first kappa shape index (κ1) is 29.7. The molecule has 0 radical (unpaired) electrons. The number of aliphatic hydroxyl groups excluding tert-OH is 1. The van der Waals surface area contributed by atoms with Gasteiger partial charge in [0.05, 0.1) is 16.2 Å². The summed E-state index contributed by atoms with van der Waals surface area (Å²) in [5.41, 5.74) is 0. The van der Waals surface area contributed by atoms with Crippen LogP contribution in [-0.2, 0) is 10.1 Å². The second-order valence-corrected chi connectivity index (χ2v) is 9.08. The van der Waals surface area contributed by atoms with E-state index in [1.165, 1.54) is 38.5 Å². The van der Waals surface area contributed by atoms with Gasteiger partial charge in [-0.25, -0.2) is 8.42 Å². The molecule has 0 aromatic carbocycles. The van der Waals surface area contributed by atoms with Crippen molar-refractivity contribution in [3.8, 4) is 0 Å². The van der Waals surface area contributed by atoms with Crippen LogP contribution in [0.2, 0.25) is 0 Å². The molecule has 0 bridgehead atoms. The second-order valence-electron chi connectivity index (χ2n) is 7.43. The molecule has 0 rings (SSSR count). The summed E-state index contributed by atoms with van der Waals surface area (Å²) < 4.78 is 33.0. The summed E-state index contributed by atoms with van der Waals surface area (Å²) in [4.78, 5) is 0. The molecule has 0 aromatic rings. The van der Waals surface area contributed by atoms with Crippen LogP contribution in [-0.4, -0.2) is 29.4 Å². The summed E-state index contributed by atoms with van der Waals surface area (Å²) in [6.07, 6.45) is 16.5. The molecule has 26 heavy (non-hydrogen) atoms. The molecular weight excluding hydrogens is 375 g/mol. The Morgan fingerprint density at radius 3 is 1.50 bits per heavy atom. The maximum absolute atomic E-state index is 11.0. The van der Waals surface area contributed by atoms with Crippen LogP contribution in [0.3, 0.4) is 0 Å². The molecule has 0 spiro atoms. The monoisotopic (exact) mass is 416 g/mol. The Morgan fingerprint density at radius 1 is 0.731 bits per heavy atom. The van der Waals surface area contributed by atoms with E-state index in [0.717, 1.165) is 51.4 Å². The molecule has 2 atom stereocenters. The predicted molar refractivity (Wildman–Crippen MR) is 105 cm³/mol. The van der Waals surface area contributed by atoms with E-state index in [4.69, 9.17) is 0 Å². The average Bonchev–Trinajstić information content (AvgIpc) is 2.55. The van der Waals surface area contributed by atoms with Crippen LogP contribution >= 0.6 is 0 Å². The smallest absolute Gasteiger partial charge is 0.748 e. The number of hydrogen-bond acceptors (Lipinski definition) is 4. The summed E-state index contributed by atoms with van der Waals surface area (Å²) in [7, 11) is -4.11. The Kier molecular flexibility index (Phi) is 22.6. The predicted octanol–water partition coefficient (Wildman–Crippen LogP) is 2.55. The molecule has 0 aliphatic heterocycles. The van der Waals surface area contributed by atoms with E-state index in [1.807, 2.05) is 0 Å². The maximum Gasteiger partial charge on any atom is 1.00 e. The van der Waals surface area contributed by atoms with Gasteiger partial charge < -0.3 is 9.66 Å². The molecule has 0 aliphatic carbocycles. The molecule has 1 N–H and O–H groups in total. The fraction of sp³-hybridized carbons (Fsp3) is 1.00. The van der Waals surface area contributed by atoms with Crippen molar-refractivity contribution in [1.82, 2.24) is 0 Å². The summed E-state index contributed by atoms with van der Waals surface area (Å²) >= 11 is 0. The van der Waals surface area contributed by atoms with E-state index in [0.29, 0.717) is 12.8 Å². The number of unbranched alkanes of at least 4 members (excludes halogenated alkanes) is 10. The molecule has 0 amide bonds. The molecule has 2 unspecified atom stereocenters. The van der Waals surface area contributed by atoms with Gasteiger partial charge in [-0.3, -0.25) is 0 Å². The van der Waals surface area contributed by atoms with Gasteiger partial charge in [0.2, 0.25) is 0 Å². The molecule has 152 valence electrons. The van der Waals surface area contributed by atoms with E-state index >= 15 is 0 Å². The second kappa shape index (κ2) is 19.8. The largest absolute Gasteiger partial charge is 1.00 e. The zero-order valence-corrected chi connectivity index (χ0v) is 21.5. The zero-order valence-electron chi connectivity index (χ0n) is 17.5. The molecule has 0 saturated carbocycles. The quantitative estimate of drug-likeness (QED) is 0.212. The van der Waals surface area contributed by atoms with E-state index in [9.17, 15) is 18.1 Å². The molecular formula is C20H41KO4S. The molecule has 0 saturated heterocycles. The summed E-state index contributed by atoms with van der Waals surface area (Å²) in [6.45, 7) is 3.98. The van der Waals surface area contributed by atoms with E-state index < -0.39 is 15.4 Å². The number of rotatable bonds is 18. The minimum absolute atomic E-state index is 0. The Hall–Kier alpha value is 1.51. The van der Waals surface area contributed by atoms with Crippen molar-refractivity contribution in [2.45, 2.75) is 128 Å². The molecule has 0 aromatic heterocycles. The van der Waals surface area contributed by atoms with Gasteiger partial charge in [-0.15, -0.1) is 0 Å². The third-order valence-corrected chi connectivity index (χ3v) is 6.45. The van der Waals surface area contributed by atoms with Crippen molar-refractivity contribution >= 4 is 10.1 Å². The molecule has 0 heterocycles. The Labute approximate surface area is 205 Å². The van der Waals surface area contributed by atoms with Gasteiger partial charge in [0.15, 0.2) is 0 Å². The van der Waals surface area contributed by atoms with Crippen LogP contribution in [0.1, 0.15) is 117 Å². The third kappa shape index (κ3) is 18.9. The summed E-state index contributed by atoms with van der Waals surface area (Å²) in [6, 6.07) is 0. The van der Waals surface area contributed by atoms with Gasteiger partial charge in [0, 0.05) is 5.25 Å². The van der Waals surface area contributed by atoms with Crippen LogP contribution in [0.15, 0.2) is 0 Å². The van der Waals surface area contributed by atoms with Crippen LogP contribution in [0, 0.1) is 0 Å². The van der Waals surface area contributed by atoms with Crippen LogP contribution in [0.25, 0.3) is 0 Å². The van der Waals surface area contributed by atoms with Crippen molar-refractivity contribution in [2.24, 2.45) is 0 Å². The minimum Gasteiger partial charge on any atom is -0.748 e. The standard InChI is InChI=1S/C20H42O4S.K/c1-3-5-6-10-13-16-19(21)17-14-11-8-7-9-12-15-18-20(4-2)25(22,23)24;/h19-21H,3-18H2,1-2H3,(H,22,23,24);/q;+1/p-1. The summed E-state index contributed by atoms with van der Waals surface area (Å²) in [5, 5.41) is 9.25. The molecule has 0 aliphatic rings. The number of aliphatic hydroxyl groups is 1. The van der Waals surface area contributed by atoms with Crippen molar-refractivity contribution in [2.75, 3.05) is 0 Å². The van der Waals surface area contributed by atoms with Gasteiger partial charge in [-0.1, -0.05) is 90.9 Å². The first-order valence-electron chi connectivity index (χ1n) is 10.5. The molecule has 6 heteroatoms. The number of hydrogen-bond donors (Lipinski definition) is 1. The normalized spacial score (nSPS) is 14.0. The van der Waals surface area contributed by atoms with Crippen LogP contribution < -0.4 is 51.4 Å².